The largest absolute Gasteiger partial charge is 0.381 e. The number of benzene rings is 3. The molecule has 3 aromatic heterocycles. The Balaban J connectivity index is 1.29. The Labute approximate surface area is 243 Å². The molecular formula is C31H25F3N8O. The van der Waals surface area contributed by atoms with E-state index in [0.29, 0.717) is 48.8 Å². The molecule has 0 aliphatic carbocycles. The van der Waals surface area contributed by atoms with Gasteiger partial charge in [-0.2, -0.15) is 0 Å². The van der Waals surface area contributed by atoms with E-state index in [1.165, 1.54) is 24.3 Å². The molecule has 1 fully saturated rings. The lowest BCUT2D eigenvalue weighted by molar-refractivity contribution is 0.0741. The maximum absolute atomic E-state index is 14.3. The summed E-state index contributed by atoms with van der Waals surface area (Å²) in [6, 6.07) is 15.3. The molecule has 2 N–H and O–H groups in total. The van der Waals surface area contributed by atoms with Crippen LogP contribution >= 0.6 is 0 Å². The number of nitrogens with zero attached hydrogens (tertiary/aromatic N) is 7. The van der Waals surface area contributed by atoms with E-state index in [9.17, 15) is 18.0 Å². The van der Waals surface area contributed by atoms with Crippen LogP contribution in [0.25, 0.3) is 39.2 Å². The van der Waals surface area contributed by atoms with Gasteiger partial charge in [-0.15, -0.1) is 0 Å². The van der Waals surface area contributed by atoms with E-state index in [4.69, 9.17) is 5.73 Å². The number of piperazine rings is 1. The van der Waals surface area contributed by atoms with E-state index in [1.54, 1.807) is 38.9 Å². The number of rotatable bonds is 4. The van der Waals surface area contributed by atoms with Crippen LogP contribution in [-0.4, -0.2) is 60.9 Å². The van der Waals surface area contributed by atoms with Crippen molar-refractivity contribution in [3.8, 4) is 22.5 Å². The van der Waals surface area contributed by atoms with E-state index in [-0.39, 0.29) is 23.1 Å². The van der Waals surface area contributed by atoms with Gasteiger partial charge in [0.2, 0.25) is 0 Å². The highest BCUT2D eigenvalue weighted by molar-refractivity contribution is 5.95. The minimum atomic E-state index is -0.644. The maximum atomic E-state index is 14.3. The summed E-state index contributed by atoms with van der Waals surface area (Å²) >= 11 is 0. The van der Waals surface area contributed by atoms with Crippen molar-refractivity contribution in [1.82, 2.24) is 28.8 Å². The maximum Gasteiger partial charge on any atom is 0.274 e. The van der Waals surface area contributed by atoms with Gasteiger partial charge in [-0.05, 0) is 36.4 Å². The lowest BCUT2D eigenvalue weighted by atomic mass is 10.0. The number of fused-ring (bicyclic) bond motifs is 2. The average Bonchev–Trinajstić information content (AvgIpc) is 3.61. The molecule has 1 amide bonds. The fourth-order valence-corrected chi connectivity index (χ4v) is 5.61. The number of anilines is 2. The number of nitrogen functional groups attached to an aromatic ring is 1. The van der Waals surface area contributed by atoms with Crippen molar-refractivity contribution >= 4 is 34.1 Å². The lowest BCUT2D eigenvalue weighted by Crippen LogP contribution is -2.49. The van der Waals surface area contributed by atoms with Gasteiger partial charge in [0.05, 0.1) is 34.4 Å². The van der Waals surface area contributed by atoms with Crippen molar-refractivity contribution in [3.63, 3.8) is 0 Å². The summed E-state index contributed by atoms with van der Waals surface area (Å²) < 4.78 is 45.7. The van der Waals surface area contributed by atoms with Crippen LogP contribution in [0, 0.1) is 17.5 Å². The molecule has 7 rings (SSSR count). The molecule has 1 aliphatic heterocycles. The van der Waals surface area contributed by atoms with Crippen molar-refractivity contribution < 1.29 is 18.0 Å². The second-order valence-corrected chi connectivity index (χ2v) is 10.5. The third-order valence-corrected chi connectivity index (χ3v) is 7.77. The molecule has 12 heteroatoms. The van der Waals surface area contributed by atoms with Gasteiger partial charge in [-0.1, -0.05) is 18.2 Å². The molecule has 6 aromatic rings. The van der Waals surface area contributed by atoms with Gasteiger partial charge in [0.1, 0.15) is 23.1 Å². The highest BCUT2D eigenvalue weighted by atomic mass is 19.1. The number of hydrogen-bond donors (Lipinski definition) is 1. The molecule has 0 saturated carbocycles. The first kappa shape index (κ1) is 26.5. The van der Waals surface area contributed by atoms with Crippen molar-refractivity contribution in [2.75, 3.05) is 36.8 Å². The number of carbonyl (C=O) groups excluding carboxylic acids is 1. The van der Waals surface area contributed by atoms with Crippen LogP contribution in [0.4, 0.5) is 24.7 Å². The Morgan fingerprint density at radius 2 is 1.67 bits per heavy atom. The number of hydrogen-bond acceptors (Lipinski definition) is 6. The number of imidazole rings is 2. The Morgan fingerprint density at radius 3 is 2.44 bits per heavy atom. The number of aryl methyl sites for hydroxylation is 1. The monoisotopic (exact) mass is 582 g/mol. The SMILES string of the molecule is Cn1cnc2ccc(-c3c(-c4cccc(F)c4)nc(N)c4nc(C(=O)N5CCN(c6ccc(F)cc6F)CC5)cn34)cc21. The van der Waals surface area contributed by atoms with Crippen molar-refractivity contribution in [3.05, 3.63) is 96.3 Å². The van der Waals surface area contributed by atoms with Gasteiger partial charge >= 0.3 is 0 Å². The van der Waals surface area contributed by atoms with Crippen molar-refractivity contribution in [2.24, 2.45) is 7.05 Å². The van der Waals surface area contributed by atoms with Gasteiger partial charge < -0.3 is 20.1 Å². The van der Waals surface area contributed by atoms with Crippen LogP contribution in [0.15, 0.2) is 73.2 Å². The third kappa shape index (κ3) is 4.60. The molecule has 1 saturated heterocycles. The van der Waals surface area contributed by atoms with Crippen LogP contribution < -0.4 is 10.6 Å². The summed E-state index contributed by atoms with van der Waals surface area (Å²) in [4.78, 5) is 30.7. The van der Waals surface area contributed by atoms with Crippen LogP contribution in [0.1, 0.15) is 10.5 Å². The molecule has 4 heterocycles. The summed E-state index contributed by atoms with van der Waals surface area (Å²) in [5.74, 6) is -1.94. The fourth-order valence-electron chi connectivity index (χ4n) is 5.61. The number of nitrogens with two attached hydrogens (primary N) is 1. The fraction of sp³-hybridized carbons (Fsp3) is 0.161. The predicted octanol–water partition coefficient (Wildman–Crippen LogP) is 4.91. The zero-order valence-electron chi connectivity index (χ0n) is 23.0. The molecule has 43 heavy (non-hydrogen) atoms. The standard InChI is InChI=1S/C31H25F3N8O/c1-39-17-36-23-7-5-19(14-26(23)39)28-27(18-3-2-4-20(32)13-18)38-29(35)30-37-24(16-42(28)30)31(43)41-11-9-40(10-12-41)25-8-6-21(33)15-22(25)34/h2-8,13-17H,9-12H2,1H3,(H2,35,38). The Kier molecular flexibility index (Phi) is 6.26. The highest BCUT2D eigenvalue weighted by Gasteiger charge is 2.27. The second-order valence-electron chi connectivity index (χ2n) is 10.5. The summed E-state index contributed by atoms with van der Waals surface area (Å²) in [6.07, 6.45) is 3.34. The zero-order chi connectivity index (χ0) is 29.8. The minimum absolute atomic E-state index is 0.0836. The summed E-state index contributed by atoms with van der Waals surface area (Å²) in [6.45, 7) is 1.36. The second kappa shape index (κ2) is 10.2. The van der Waals surface area contributed by atoms with Gasteiger partial charge in [0.15, 0.2) is 11.5 Å². The number of aromatic nitrogens is 5. The first-order valence-electron chi connectivity index (χ1n) is 13.6. The Bertz CT molecular complexity index is 2040. The lowest BCUT2D eigenvalue weighted by Gasteiger charge is -2.35. The molecule has 0 unspecified atom stereocenters. The van der Waals surface area contributed by atoms with Crippen LogP contribution in [-0.2, 0) is 7.05 Å². The third-order valence-electron chi connectivity index (χ3n) is 7.77. The minimum Gasteiger partial charge on any atom is -0.381 e. The molecule has 0 spiro atoms. The number of amides is 1. The van der Waals surface area contributed by atoms with Gasteiger partial charge in [-0.3, -0.25) is 9.20 Å². The molecule has 9 nitrogen and oxygen atoms in total. The normalized spacial score (nSPS) is 13.8. The predicted molar refractivity (Wildman–Crippen MR) is 157 cm³/mol. The van der Waals surface area contributed by atoms with Crippen LogP contribution in [0.2, 0.25) is 0 Å². The molecule has 0 atom stereocenters. The van der Waals surface area contributed by atoms with Crippen molar-refractivity contribution in [1.29, 1.82) is 0 Å². The highest BCUT2D eigenvalue weighted by Crippen LogP contribution is 2.35. The zero-order valence-corrected chi connectivity index (χ0v) is 23.0. The Morgan fingerprint density at radius 1 is 0.884 bits per heavy atom. The number of halogens is 3. The van der Waals surface area contributed by atoms with E-state index in [0.717, 1.165) is 22.7 Å². The number of carbonyl (C=O) groups is 1. The van der Waals surface area contributed by atoms with Crippen molar-refractivity contribution in [2.45, 2.75) is 0 Å². The Hall–Kier alpha value is -5.39. The topological polar surface area (TPSA) is 97.6 Å². The van der Waals surface area contributed by atoms with E-state index >= 15 is 0 Å². The summed E-state index contributed by atoms with van der Waals surface area (Å²) in [5.41, 5.74) is 11.1. The summed E-state index contributed by atoms with van der Waals surface area (Å²) in [7, 11) is 1.89. The quantitative estimate of drug-likeness (QED) is 0.317. The van der Waals surface area contributed by atoms with Gasteiger partial charge in [-0.25, -0.2) is 28.1 Å². The average molecular weight is 583 g/mol. The smallest absolute Gasteiger partial charge is 0.274 e. The van der Waals surface area contributed by atoms with E-state index in [2.05, 4.69) is 15.0 Å². The first-order chi connectivity index (χ1) is 20.8. The first-order valence-corrected chi connectivity index (χ1v) is 13.6. The molecule has 1 aliphatic rings. The van der Waals surface area contributed by atoms with Gasteiger partial charge in [0, 0.05) is 56.6 Å². The van der Waals surface area contributed by atoms with E-state index < -0.39 is 17.5 Å². The molecule has 3 aromatic carbocycles. The van der Waals surface area contributed by atoms with Crippen LogP contribution in [0.3, 0.4) is 0 Å². The van der Waals surface area contributed by atoms with E-state index in [1.807, 2.05) is 29.8 Å². The molecular weight excluding hydrogens is 557 g/mol. The molecule has 216 valence electrons. The van der Waals surface area contributed by atoms with Gasteiger partial charge in [0.25, 0.3) is 5.91 Å². The molecule has 0 bridgehead atoms. The molecule has 0 radical (unpaired) electrons. The van der Waals surface area contributed by atoms with Crippen LogP contribution in [0.5, 0.6) is 0 Å². The summed E-state index contributed by atoms with van der Waals surface area (Å²) in [5, 5.41) is 0.